The van der Waals surface area contributed by atoms with E-state index >= 15 is 0 Å². The molecular formula is C23H42N2O4. The zero-order chi connectivity index (χ0) is 21.3. The lowest BCUT2D eigenvalue weighted by molar-refractivity contribution is -0.154. The van der Waals surface area contributed by atoms with Crippen molar-refractivity contribution in [2.45, 2.75) is 122 Å². The molecule has 0 radical (unpaired) electrons. The van der Waals surface area contributed by atoms with Gasteiger partial charge in [0.15, 0.2) is 0 Å². The van der Waals surface area contributed by atoms with Gasteiger partial charge in [0.25, 0.3) is 0 Å². The fourth-order valence-electron chi connectivity index (χ4n) is 3.92. The highest BCUT2D eigenvalue weighted by atomic mass is 16.4. The summed E-state index contributed by atoms with van der Waals surface area (Å²) in [6.07, 6.45) is 19.1. The van der Waals surface area contributed by atoms with Crippen molar-refractivity contribution in [2.75, 3.05) is 6.54 Å². The summed E-state index contributed by atoms with van der Waals surface area (Å²) < 4.78 is 0. The number of carboxylic acid groups (broad SMARTS) is 1. The Morgan fingerprint density at radius 3 is 1.41 bits per heavy atom. The van der Waals surface area contributed by atoms with E-state index in [0.29, 0.717) is 6.42 Å². The monoisotopic (exact) mass is 410 g/mol. The minimum atomic E-state index is -1.23. The summed E-state index contributed by atoms with van der Waals surface area (Å²) in [5, 5.41) is 11.0. The summed E-state index contributed by atoms with van der Waals surface area (Å²) in [7, 11) is 0. The number of nitrogens with zero attached hydrogens (tertiary/aromatic N) is 2. The first-order chi connectivity index (χ1) is 14.1. The number of imide groups is 1. The molecule has 29 heavy (non-hydrogen) atoms. The highest BCUT2D eigenvalue weighted by molar-refractivity contribution is 6.02. The summed E-state index contributed by atoms with van der Waals surface area (Å²) in [5.74, 6) is -0.817. The van der Waals surface area contributed by atoms with Gasteiger partial charge in [-0.2, -0.15) is 5.01 Å². The number of amides is 3. The molecule has 0 bridgehead atoms. The third kappa shape index (κ3) is 11.2. The van der Waals surface area contributed by atoms with E-state index in [0.717, 1.165) is 22.9 Å². The van der Waals surface area contributed by atoms with Crippen LogP contribution in [-0.4, -0.2) is 39.6 Å². The summed E-state index contributed by atoms with van der Waals surface area (Å²) in [6, 6.07) is 0. The molecule has 1 N–H and O–H groups in total. The topological polar surface area (TPSA) is 77.9 Å². The van der Waals surface area contributed by atoms with Gasteiger partial charge in [-0.1, -0.05) is 103 Å². The number of hydrazine groups is 1. The summed E-state index contributed by atoms with van der Waals surface area (Å²) in [5.41, 5.74) is 0. The summed E-state index contributed by atoms with van der Waals surface area (Å²) in [4.78, 5) is 34.8. The molecule has 0 atom stereocenters. The van der Waals surface area contributed by atoms with E-state index in [1.807, 2.05) is 0 Å². The Morgan fingerprint density at radius 2 is 1.07 bits per heavy atom. The number of unbranched alkanes of at least 4 members (excludes halogenated alkanes) is 15. The molecule has 1 rings (SSSR count). The van der Waals surface area contributed by atoms with E-state index in [4.69, 9.17) is 0 Å². The minimum absolute atomic E-state index is 0.113. The van der Waals surface area contributed by atoms with Crippen molar-refractivity contribution in [1.29, 1.82) is 0 Å². The second-order valence-corrected chi connectivity index (χ2v) is 8.31. The Bertz CT molecular complexity index is 465. The average molecular weight is 411 g/mol. The third-order valence-electron chi connectivity index (χ3n) is 5.71. The van der Waals surface area contributed by atoms with Crippen molar-refractivity contribution < 1.29 is 19.5 Å². The highest BCUT2D eigenvalue weighted by Crippen LogP contribution is 2.17. The third-order valence-corrected chi connectivity index (χ3v) is 5.71. The average Bonchev–Trinajstić information content (AvgIpc) is 3.02. The van der Waals surface area contributed by atoms with Crippen LogP contribution in [0.3, 0.4) is 0 Å². The van der Waals surface area contributed by atoms with E-state index in [1.54, 1.807) is 0 Å². The summed E-state index contributed by atoms with van der Waals surface area (Å²) >= 11 is 0. The molecule has 0 unspecified atom stereocenters. The highest BCUT2D eigenvalue weighted by Gasteiger charge is 2.36. The zero-order valence-corrected chi connectivity index (χ0v) is 18.5. The predicted octanol–water partition coefficient (Wildman–Crippen LogP) is 6.29. The van der Waals surface area contributed by atoms with Crippen LogP contribution in [0.4, 0.5) is 4.79 Å². The number of hydrogen-bond acceptors (Lipinski definition) is 3. The fourth-order valence-corrected chi connectivity index (χ4v) is 3.92. The second kappa shape index (κ2) is 16.2. The van der Waals surface area contributed by atoms with Crippen LogP contribution < -0.4 is 0 Å². The molecule has 0 aromatic rings. The quantitative estimate of drug-likeness (QED) is 0.213. The maximum absolute atomic E-state index is 11.7. The Hall–Kier alpha value is -1.59. The normalized spacial score (nSPS) is 14.0. The van der Waals surface area contributed by atoms with Gasteiger partial charge < -0.3 is 5.11 Å². The van der Waals surface area contributed by atoms with Gasteiger partial charge >= 0.3 is 6.09 Å². The second-order valence-electron chi connectivity index (χ2n) is 8.31. The van der Waals surface area contributed by atoms with E-state index in [-0.39, 0.29) is 19.4 Å². The Balaban J connectivity index is 1.92. The number of rotatable bonds is 18. The molecule has 1 saturated heterocycles. The molecule has 6 nitrogen and oxygen atoms in total. The molecule has 1 aliphatic rings. The van der Waals surface area contributed by atoms with Crippen molar-refractivity contribution in [2.24, 2.45) is 0 Å². The van der Waals surface area contributed by atoms with Crippen LogP contribution in [0, 0.1) is 0 Å². The SMILES string of the molecule is CCCCCCCCCCCCCCCCCCN(C(=O)O)N1C(=O)CCC1=O. The smallest absolute Gasteiger partial charge is 0.426 e. The van der Waals surface area contributed by atoms with Gasteiger partial charge in [-0.15, -0.1) is 0 Å². The number of carbonyl (C=O) groups excluding carboxylic acids is 2. The molecule has 1 aliphatic heterocycles. The van der Waals surface area contributed by atoms with Crippen molar-refractivity contribution >= 4 is 17.9 Å². The van der Waals surface area contributed by atoms with Crippen molar-refractivity contribution in [3.8, 4) is 0 Å². The molecule has 6 heteroatoms. The standard InChI is InChI=1S/C23H42N2O4/c1-2-3-4-5-6-7-8-9-10-11-12-13-14-15-16-17-20-24(23(28)29)25-21(26)18-19-22(25)27/h2-20H2,1H3,(H,28,29). The molecule has 0 saturated carbocycles. The largest absolute Gasteiger partial charge is 0.464 e. The minimum Gasteiger partial charge on any atom is -0.464 e. The Morgan fingerprint density at radius 1 is 0.724 bits per heavy atom. The number of carbonyl (C=O) groups is 3. The van der Waals surface area contributed by atoms with Crippen LogP contribution in [0.2, 0.25) is 0 Å². The van der Waals surface area contributed by atoms with Gasteiger partial charge in [0.2, 0.25) is 11.8 Å². The van der Waals surface area contributed by atoms with Crippen LogP contribution in [0.15, 0.2) is 0 Å². The molecule has 168 valence electrons. The molecule has 0 aromatic heterocycles. The Labute approximate surface area is 177 Å². The zero-order valence-electron chi connectivity index (χ0n) is 18.5. The van der Waals surface area contributed by atoms with Crippen LogP contribution in [0.1, 0.15) is 122 Å². The van der Waals surface area contributed by atoms with Gasteiger partial charge in [-0.3, -0.25) is 9.59 Å². The predicted molar refractivity (Wildman–Crippen MR) is 115 cm³/mol. The van der Waals surface area contributed by atoms with Crippen LogP contribution in [0.25, 0.3) is 0 Å². The van der Waals surface area contributed by atoms with E-state index in [2.05, 4.69) is 6.92 Å². The molecule has 0 spiro atoms. The molecular weight excluding hydrogens is 368 g/mol. The number of hydrogen-bond donors (Lipinski definition) is 1. The molecule has 0 aliphatic carbocycles. The molecule has 1 fully saturated rings. The first-order valence-electron chi connectivity index (χ1n) is 11.9. The van der Waals surface area contributed by atoms with Crippen LogP contribution in [0.5, 0.6) is 0 Å². The van der Waals surface area contributed by atoms with E-state index < -0.39 is 17.9 Å². The van der Waals surface area contributed by atoms with Gasteiger partial charge in [-0.25, -0.2) is 9.80 Å². The molecule has 0 aromatic carbocycles. The van der Waals surface area contributed by atoms with Crippen molar-refractivity contribution in [3.05, 3.63) is 0 Å². The van der Waals surface area contributed by atoms with Crippen LogP contribution in [-0.2, 0) is 9.59 Å². The lowest BCUT2D eigenvalue weighted by Gasteiger charge is -2.27. The first-order valence-corrected chi connectivity index (χ1v) is 11.9. The van der Waals surface area contributed by atoms with Crippen molar-refractivity contribution in [3.63, 3.8) is 0 Å². The lowest BCUT2D eigenvalue weighted by Crippen LogP contribution is -2.49. The van der Waals surface area contributed by atoms with Gasteiger partial charge in [0, 0.05) is 19.4 Å². The van der Waals surface area contributed by atoms with Gasteiger partial charge in [-0.05, 0) is 6.42 Å². The van der Waals surface area contributed by atoms with E-state index in [1.165, 1.54) is 83.5 Å². The van der Waals surface area contributed by atoms with Gasteiger partial charge in [0.05, 0.1) is 0 Å². The lowest BCUT2D eigenvalue weighted by atomic mass is 10.0. The van der Waals surface area contributed by atoms with Gasteiger partial charge in [0.1, 0.15) is 0 Å². The molecule has 3 amide bonds. The summed E-state index contributed by atoms with van der Waals surface area (Å²) in [6.45, 7) is 2.47. The Kier molecular flexibility index (Phi) is 14.2. The molecule has 1 heterocycles. The maximum Gasteiger partial charge on any atom is 0.426 e. The maximum atomic E-state index is 11.7. The van der Waals surface area contributed by atoms with Crippen molar-refractivity contribution in [1.82, 2.24) is 10.0 Å². The van der Waals surface area contributed by atoms with Crippen LogP contribution >= 0.6 is 0 Å². The fraction of sp³-hybridized carbons (Fsp3) is 0.870. The van der Waals surface area contributed by atoms with E-state index in [9.17, 15) is 19.5 Å². The first kappa shape index (κ1) is 25.4.